The number of fused-ring (bicyclic) bond motifs is 3. The number of benzene rings is 1. The minimum Gasteiger partial charge on any atom is -0.462 e. The van der Waals surface area contributed by atoms with Gasteiger partial charge < -0.3 is 19.6 Å². The molecule has 4 rings (SSSR count). The number of esters is 1. The largest absolute Gasteiger partial charge is 0.462 e. The Bertz CT molecular complexity index is 1140. The quantitative estimate of drug-likeness (QED) is 0.547. The first-order valence-electron chi connectivity index (χ1n) is 8.33. The average Bonchev–Trinajstić information content (AvgIpc) is 3.06. The van der Waals surface area contributed by atoms with Gasteiger partial charge in [-0.05, 0) is 26.0 Å². The number of aromatic nitrogens is 1. The highest BCUT2D eigenvalue weighted by Gasteiger charge is 2.40. The molecule has 7 nitrogen and oxygen atoms in total. The number of carbonyl (C=O) groups excluding carboxylic acids is 1. The van der Waals surface area contributed by atoms with Crippen LogP contribution in [0, 0.1) is 6.92 Å². The van der Waals surface area contributed by atoms with Crippen molar-refractivity contribution in [1.29, 1.82) is 0 Å². The molecule has 0 unspecified atom stereocenters. The van der Waals surface area contributed by atoms with Crippen LogP contribution in [-0.2, 0) is 9.53 Å². The molecule has 0 saturated heterocycles. The van der Waals surface area contributed by atoms with Gasteiger partial charge in [-0.1, -0.05) is 12.1 Å². The normalized spacial score (nSPS) is 16.1. The molecule has 0 radical (unpaired) electrons. The average molecular weight is 384 g/mol. The molecule has 0 spiro atoms. The third-order valence-electron chi connectivity index (χ3n) is 4.39. The Morgan fingerprint density at radius 2 is 2.15 bits per heavy atom. The van der Waals surface area contributed by atoms with Gasteiger partial charge in [0.15, 0.2) is 5.75 Å². The lowest BCUT2D eigenvalue weighted by atomic mass is 9.87. The fourth-order valence-electron chi connectivity index (χ4n) is 3.22. The van der Waals surface area contributed by atoms with Gasteiger partial charge in [-0.25, -0.2) is 14.6 Å². The number of aryl methyl sites for hydroxylation is 1. The minimum absolute atomic E-state index is 0.0827. The van der Waals surface area contributed by atoms with E-state index in [-0.39, 0.29) is 23.6 Å². The highest BCUT2D eigenvalue weighted by atomic mass is 32.1. The fraction of sp³-hybridized carbons (Fsp3) is 0.211. The number of thiazole rings is 1. The van der Waals surface area contributed by atoms with Crippen molar-refractivity contribution in [3.63, 3.8) is 0 Å². The molecule has 0 fully saturated rings. The maximum absolute atomic E-state index is 12.8. The van der Waals surface area contributed by atoms with Crippen molar-refractivity contribution in [3.05, 3.63) is 67.8 Å². The molecule has 1 atom stereocenters. The van der Waals surface area contributed by atoms with E-state index < -0.39 is 17.5 Å². The third-order valence-corrected chi connectivity index (χ3v) is 5.39. The van der Waals surface area contributed by atoms with E-state index in [4.69, 9.17) is 19.6 Å². The number of hydrogen-bond donors (Lipinski definition) is 1. The maximum Gasteiger partial charge on any atom is 0.344 e. The molecular formula is C19H16N2O5S. The molecule has 0 amide bonds. The molecule has 138 valence electrons. The summed E-state index contributed by atoms with van der Waals surface area (Å²) in [6, 6.07) is 7.01. The predicted molar refractivity (Wildman–Crippen MR) is 99.7 cm³/mol. The number of nitrogens with zero attached hydrogens (tertiary/aromatic N) is 1. The number of ether oxygens (including phenoxy) is 2. The van der Waals surface area contributed by atoms with Crippen LogP contribution in [0.15, 0.2) is 50.4 Å². The van der Waals surface area contributed by atoms with Gasteiger partial charge in [0.25, 0.3) is 0 Å². The minimum atomic E-state index is -0.763. The zero-order valence-electron chi connectivity index (χ0n) is 14.6. The fourth-order valence-corrected chi connectivity index (χ4v) is 4.14. The molecule has 3 heterocycles. The van der Waals surface area contributed by atoms with E-state index in [1.165, 1.54) is 11.3 Å². The van der Waals surface area contributed by atoms with Crippen molar-refractivity contribution in [2.24, 2.45) is 5.73 Å². The summed E-state index contributed by atoms with van der Waals surface area (Å²) in [6.45, 7) is 3.67. The summed E-state index contributed by atoms with van der Waals surface area (Å²) in [7, 11) is 0. The number of para-hydroxylation sites is 1. The molecule has 0 aliphatic carbocycles. The summed E-state index contributed by atoms with van der Waals surface area (Å²) in [6.07, 6.45) is 0. The van der Waals surface area contributed by atoms with Crippen LogP contribution in [0.1, 0.15) is 29.0 Å². The predicted octanol–water partition coefficient (Wildman–Crippen LogP) is 2.82. The molecule has 2 aromatic heterocycles. The zero-order chi connectivity index (χ0) is 19.1. The van der Waals surface area contributed by atoms with E-state index in [1.54, 1.807) is 36.7 Å². The summed E-state index contributed by atoms with van der Waals surface area (Å²) in [4.78, 5) is 30.4. The lowest BCUT2D eigenvalue weighted by Gasteiger charge is -2.27. The topological polar surface area (TPSA) is 105 Å². The number of carbonyl (C=O) groups is 1. The van der Waals surface area contributed by atoms with Gasteiger partial charge in [-0.15, -0.1) is 11.3 Å². The van der Waals surface area contributed by atoms with Crippen molar-refractivity contribution in [3.8, 4) is 5.75 Å². The van der Waals surface area contributed by atoms with Gasteiger partial charge in [0, 0.05) is 4.88 Å². The van der Waals surface area contributed by atoms with Gasteiger partial charge >= 0.3 is 11.6 Å². The first-order valence-corrected chi connectivity index (χ1v) is 9.21. The smallest absolute Gasteiger partial charge is 0.344 e. The Morgan fingerprint density at radius 1 is 1.37 bits per heavy atom. The molecule has 0 saturated carbocycles. The highest BCUT2D eigenvalue weighted by molar-refractivity contribution is 7.09. The van der Waals surface area contributed by atoms with Crippen LogP contribution >= 0.6 is 11.3 Å². The molecule has 8 heteroatoms. The Kier molecular flexibility index (Phi) is 4.19. The summed E-state index contributed by atoms with van der Waals surface area (Å²) in [5.41, 5.74) is 8.57. The van der Waals surface area contributed by atoms with Crippen LogP contribution in [0.25, 0.3) is 11.0 Å². The van der Waals surface area contributed by atoms with Gasteiger partial charge in [-0.3, -0.25) is 0 Å². The second-order valence-electron chi connectivity index (χ2n) is 5.96. The number of nitrogens with two attached hydrogens (primary N) is 1. The molecule has 1 aromatic carbocycles. The second kappa shape index (κ2) is 6.55. The van der Waals surface area contributed by atoms with Crippen molar-refractivity contribution in [2.75, 3.05) is 6.61 Å². The van der Waals surface area contributed by atoms with E-state index in [2.05, 4.69) is 4.98 Å². The maximum atomic E-state index is 12.8. The van der Waals surface area contributed by atoms with Crippen molar-refractivity contribution < 1.29 is 18.7 Å². The van der Waals surface area contributed by atoms with Crippen LogP contribution in [0.2, 0.25) is 0 Å². The number of rotatable bonds is 3. The van der Waals surface area contributed by atoms with Crippen LogP contribution in [0.3, 0.4) is 0 Å². The molecule has 27 heavy (non-hydrogen) atoms. The highest BCUT2D eigenvalue weighted by Crippen LogP contribution is 2.45. The van der Waals surface area contributed by atoms with E-state index in [0.717, 1.165) is 0 Å². The summed E-state index contributed by atoms with van der Waals surface area (Å²) < 4.78 is 16.4. The van der Waals surface area contributed by atoms with Gasteiger partial charge in [0.2, 0.25) is 5.88 Å². The van der Waals surface area contributed by atoms with Gasteiger partial charge in [0.05, 0.1) is 34.7 Å². The Labute approximate surface area is 158 Å². The lowest BCUT2D eigenvalue weighted by Crippen LogP contribution is -2.31. The molecule has 3 aromatic rings. The molecule has 0 bridgehead atoms. The van der Waals surface area contributed by atoms with Crippen molar-refractivity contribution >= 4 is 28.3 Å². The van der Waals surface area contributed by atoms with Gasteiger partial charge in [0.1, 0.15) is 11.2 Å². The second-order valence-corrected chi connectivity index (χ2v) is 6.85. The zero-order valence-corrected chi connectivity index (χ0v) is 15.5. The first kappa shape index (κ1) is 17.3. The molecule has 2 N–H and O–H groups in total. The SMILES string of the molecule is CCOC(=O)C1=C(N)Oc2c(c(=O)oc3ccccc23)[C@@H]1c1scnc1C. The molecule has 1 aliphatic rings. The van der Waals surface area contributed by atoms with Crippen molar-refractivity contribution in [1.82, 2.24) is 4.98 Å². The third kappa shape index (κ3) is 2.69. The standard InChI is InChI=1S/C19H16N2O5S/c1-3-24-18(22)14-12(16-9(2)21-8-27-16)13-15(26-17(14)20)10-6-4-5-7-11(10)25-19(13)23/h4-8,12H,3,20H2,1-2H3/t12-/m0/s1. The van der Waals surface area contributed by atoms with Crippen LogP contribution in [0.4, 0.5) is 0 Å². The number of hydrogen-bond acceptors (Lipinski definition) is 8. The lowest BCUT2D eigenvalue weighted by molar-refractivity contribution is -0.139. The van der Waals surface area contributed by atoms with Crippen LogP contribution in [0.5, 0.6) is 5.75 Å². The molecule has 1 aliphatic heterocycles. The monoisotopic (exact) mass is 384 g/mol. The van der Waals surface area contributed by atoms with Crippen LogP contribution < -0.4 is 16.1 Å². The van der Waals surface area contributed by atoms with Crippen LogP contribution in [-0.4, -0.2) is 17.6 Å². The van der Waals surface area contributed by atoms with Gasteiger partial charge in [-0.2, -0.15) is 0 Å². The summed E-state index contributed by atoms with van der Waals surface area (Å²) in [5.74, 6) is -1.19. The summed E-state index contributed by atoms with van der Waals surface area (Å²) >= 11 is 1.33. The Morgan fingerprint density at radius 3 is 2.85 bits per heavy atom. The Hall–Kier alpha value is -3.13. The molecular weight excluding hydrogens is 368 g/mol. The Balaban J connectivity index is 2.06. The van der Waals surface area contributed by atoms with E-state index in [0.29, 0.717) is 27.3 Å². The first-order chi connectivity index (χ1) is 13.0. The summed E-state index contributed by atoms with van der Waals surface area (Å²) in [5, 5.41) is 0.602. The van der Waals surface area contributed by atoms with Crippen molar-refractivity contribution in [2.45, 2.75) is 19.8 Å². The van der Waals surface area contributed by atoms with E-state index in [1.807, 2.05) is 6.92 Å². The van der Waals surface area contributed by atoms with E-state index in [9.17, 15) is 9.59 Å². The van der Waals surface area contributed by atoms with E-state index >= 15 is 0 Å².